The minimum atomic E-state index is -0.250. The first-order chi connectivity index (χ1) is 7.75. The van der Waals surface area contributed by atoms with E-state index in [1.54, 1.807) is 6.07 Å². The molecule has 1 fully saturated rings. The number of benzene rings is 1. The molecule has 0 spiro atoms. The van der Waals surface area contributed by atoms with Crippen molar-refractivity contribution in [2.45, 2.75) is 12.5 Å². The summed E-state index contributed by atoms with van der Waals surface area (Å²) in [5.74, 6) is -0.250. The molecule has 1 aromatic carbocycles. The molecule has 88 valence electrons. The number of ether oxygens (including phenoxy) is 2. The molecule has 0 saturated carbocycles. The summed E-state index contributed by atoms with van der Waals surface area (Å²) in [6.07, 6.45) is 1.04. The van der Waals surface area contributed by atoms with E-state index in [1.807, 2.05) is 0 Å². The number of anilines is 1. The minimum Gasteiger partial charge on any atom is -0.382 e. The lowest BCUT2D eigenvalue weighted by Crippen LogP contribution is -2.30. The third-order valence-electron chi connectivity index (χ3n) is 2.42. The number of rotatable bonds is 3. The van der Waals surface area contributed by atoms with Gasteiger partial charge in [0.15, 0.2) is 0 Å². The summed E-state index contributed by atoms with van der Waals surface area (Å²) in [4.78, 5) is 0. The van der Waals surface area contributed by atoms with Crippen LogP contribution in [0.1, 0.15) is 6.42 Å². The molecule has 1 unspecified atom stereocenters. The first-order valence-corrected chi connectivity index (χ1v) is 5.93. The summed E-state index contributed by atoms with van der Waals surface area (Å²) >= 11 is 3.30. The van der Waals surface area contributed by atoms with Gasteiger partial charge in [-0.25, -0.2) is 4.39 Å². The number of nitrogens with one attached hydrogen (secondary N) is 1. The highest BCUT2D eigenvalue weighted by Crippen LogP contribution is 2.23. The van der Waals surface area contributed by atoms with E-state index in [0.717, 1.165) is 23.2 Å². The third kappa shape index (κ3) is 3.17. The molecule has 1 aliphatic rings. The van der Waals surface area contributed by atoms with E-state index in [-0.39, 0.29) is 11.9 Å². The van der Waals surface area contributed by atoms with E-state index >= 15 is 0 Å². The fourth-order valence-electron chi connectivity index (χ4n) is 1.52. The van der Waals surface area contributed by atoms with Gasteiger partial charge in [-0.2, -0.15) is 0 Å². The fraction of sp³-hybridized carbons (Fsp3) is 0.455. The van der Waals surface area contributed by atoms with Crippen LogP contribution in [0.15, 0.2) is 22.7 Å². The van der Waals surface area contributed by atoms with Crippen molar-refractivity contribution < 1.29 is 13.9 Å². The molecule has 1 atom stereocenters. The maximum absolute atomic E-state index is 12.8. The van der Waals surface area contributed by atoms with Crippen molar-refractivity contribution in [2.24, 2.45) is 0 Å². The Morgan fingerprint density at radius 2 is 2.38 bits per heavy atom. The smallest absolute Gasteiger partial charge is 0.147 e. The Kier molecular flexibility index (Phi) is 4.15. The highest BCUT2D eigenvalue weighted by Gasteiger charge is 2.14. The van der Waals surface area contributed by atoms with Gasteiger partial charge in [0.2, 0.25) is 0 Å². The third-order valence-corrected chi connectivity index (χ3v) is 3.08. The van der Waals surface area contributed by atoms with Crippen LogP contribution < -0.4 is 5.32 Å². The molecule has 2 rings (SSSR count). The highest BCUT2D eigenvalue weighted by molar-refractivity contribution is 9.10. The second kappa shape index (κ2) is 5.61. The summed E-state index contributed by atoms with van der Waals surface area (Å²) in [7, 11) is 0. The van der Waals surface area contributed by atoms with Crippen LogP contribution in [0.25, 0.3) is 0 Å². The van der Waals surface area contributed by atoms with Crippen molar-refractivity contribution in [1.29, 1.82) is 0 Å². The van der Waals surface area contributed by atoms with E-state index in [2.05, 4.69) is 21.2 Å². The molecule has 1 aliphatic heterocycles. The van der Waals surface area contributed by atoms with Crippen molar-refractivity contribution in [3.8, 4) is 0 Å². The van der Waals surface area contributed by atoms with Gasteiger partial charge in [-0.05, 0) is 40.5 Å². The van der Waals surface area contributed by atoms with Crippen molar-refractivity contribution in [3.05, 3.63) is 28.5 Å². The Morgan fingerprint density at radius 1 is 1.50 bits per heavy atom. The van der Waals surface area contributed by atoms with Gasteiger partial charge < -0.3 is 14.8 Å². The topological polar surface area (TPSA) is 30.5 Å². The van der Waals surface area contributed by atoms with Gasteiger partial charge in [0.25, 0.3) is 0 Å². The van der Waals surface area contributed by atoms with Gasteiger partial charge in [-0.3, -0.25) is 0 Å². The van der Waals surface area contributed by atoms with Crippen molar-refractivity contribution in [3.63, 3.8) is 0 Å². The maximum atomic E-state index is 12.8. The van der Waals surface area contributed by atoms with Crippen molar-refractivity contribution >= 4 is 21.6 Å². The molecule has 1 heterocycles. The van der Waals surface area contributed by atoms with Crippen molar-refractivity contribution in [2.75, 3.05) is 25.3 Å². The SMILES string of the molecule is Fc1ccc(NCC2CCOCO2)c(Br)c1. The molecule has 0 bridgehead atoms. The molecule has 16 heavy (non-hydrogen) atoms. The molecule has 0 aliphatic carbocycles. The molecule has 0 amide bonds. The molecule has 0 aromatic heterocycles. The van der Waals surface area contributed by atoms with Gasteiger partial charge in [0.05, 0.1) is 12.7 Å². The van der Waals surface area contributed by atoms with E-state index in [9.17, 15) is 4.39 Å². The summed E-state index contributed by atoms with van der Waals surface area (Å²) in [5, 5.41) is 3.22. The van der Waals surface area contributed by atoms with Crippen LogP contribution in [0.4, 0.5) is 10.1 Å². The molecular formula is C11H13BrFNO2. The molecule has 1 saturated heterocycles. The second-order valence-electron chi connectivity index (χ2n) is 3.61. The average molecular weight is 290 g/mol. The van der Waals surface area contributed by atoms with Gasteiger partial charge in [0, 0.05) is 16.7 Å². The van der Waals surface area contributed by atoms with Gasteiger partial charge in [-0.1, -0.05) is 0 Å². The van der Waals surface area contributed by atoms with Crippen LogP contribution in [-0.4, -0.2) is 26.0 Å². The Morgan fingerprint density at radius 3 is 3.06 bits per heavy atom. The molecule has 0 radical (unpaired) electrons. The van der Waals surface area contributed by atoms with Crippen LogP contribution in [0.5, 0.6) is 0 Å². The lowest BCUT2D eigenvalue weighted by molar-refractivity contribution is -0.133. The number of hydrogen-bond acceptors (Lipinski definition) is 3. The van der Waals surface area contributed by atoms with Crippen LogP contribution >= 0.6 is 15.9 Å². The molecule has 1 aromatic rings. The molecular weight excluding hydrogens is 277 g/mol. The van der Waals surface area contributed by atoms with Crippen molar-refractivity contribution in [1.82, 2.24) is 0 Å². The number of hydrogen-bond donors (Lipinski definition) is 1. The fourth-order valence-corrected chi connectivity index (χ4v) is 2.01. The minimum absolute atomic E-state index is 0.158. The average Bonchev–Trinajstić information content (AvgIpc) is 2.29. The first kappa shape index (κ1) is 11.8. The zero-order valence-electron chi connectivity index (χ0n) is 8.71. The lowest BCUT2D eigenvalue weighted by Gasteiger charge is -2.23. The van der Waals surface area contributed by atoms with Crippen LogP contribution in [-0.2, 0) is 9.47 Å². The Hall–Kier alpha value is -0.650. The Labute approximate surface area is 102 Å². The Balaban J connectivity index is 1.88. The summed E-state index contributed by atoms with van der Waals surface area (Å²) in [5.41, 5.74) is 0.872. The second-order valence-corrected chi connectivity index (χ2v) is 4.46. The number of halogens is 2. The summed E-state index contributed by atoms with van der Waals surface area (Å²) < 4.78 is 24.0. The predicted octanol–water partition coefficient (Wildman–Crippen LogP) is 2.76. The van der Waals surface area contributed by atoms with E-state index in [4.69, 9.17) is 9.47 Å². The predicted molar refractivity (Wildman–Crippen MR) is 62.9 cm³/mol. The van der Waals surface area contributed by atoms with Crippen LogP contribution in [0.2, 0.25) is 0 Å². The highest BCUT2D eigenvalue weighted by atomic mass is 79.9. The van der Waals surface area contributed by atoms with Gasteiger partial charge >= 0.3 is 0 Å². The molecule has 3 nitrogen and oxygen atoms in total. The summed E-state index contributed by atoms with van der Waals surface area (Å²) in [6.45, 7) is 1.79. The van der Waals surface area contributed by atoms with Crippen LogP contribution in [0.3, 0.4) is 0 Å². The van der Waals surface area contributed by atoms with Gasteiger partial charge in [-0.15, -0.1) is 0 Å². The van der Waals surface area contributed by atoms with E-state index in [1.165, 1.54) is 12.1 Å². The zero-order valence-corrected chi connectivity index (χ0v) is 10.3. The summed E-state index contributed by atoms with van der Waals surface area (Å²) in [6, 6.07) is 4.57. The quantitative estimate of drug-likeness (QED) is 0.928. The lowest BCUT2D eigenvalue weighted by atomic mass is 10.2. The zero-order chi connectivity index (χ0) is 11.4. The van der Waals surface area contributed by atoms with E-state index in [0.29, 0.717) is 13.3 Å². The maximum Gasteiger partial charge on any atom is 0.147 e. The normalized spacial score (nSPS) is 20.8. The Bertz CT molecular complexity index is 356. The standard InChI is InChI=1S/C11H13BrFNO2/c12-10-5-8(13)1-2-11(10)14-6-9-3-4-15-7-16-9/h1-2,5,9,14H,3-4,6-7H2. The molecule has 1 N–H and O–H groups in total. The monoisotopic (exact) mass is 289 g/mol. The van der Waals surface area contributed by atoms with Crippen LogP contribution in [0, 0.1) is 5.82 Å². The van der Waals surface area contributed by atoms with Gasteiger partial charge in [0.1, 0.15) is 12.6 Å². The van der Waals surface area contributed by atoms with E-state index < -0.39 is 0 Å². The largest absolute Gasteiger partial charge is 0.382 e. The first-order valence-electron chi connectivity index (χ1n) is 5.14. The molecule has 5 heteroatoms.